The minimum atomic E-state index is -5.08. The lowest BCUT2D eigenvalue weighted by atomic mass is 9.71. The van der Waals surface area contributed by atoms with Crippen LogP contribution >= 0.6 is 0 Å². The van der Waals surface area contributed by atoms with Gasteiger partial charge in [-0.05, 0) is 100 Å². The molecule has 56 heavy (non-hydrogen) atoms. The van der Waals surface area contributed by atoms with Crippen LogP contribution in [0.5, 0.6) is 0 Å². The first-order valence-electron chi connectivity index (χ1n) is 19.4. The Morgan fingerprint density at radius 3 is 2.41 bits per heavy atom. The molecule has 0 unspecified atom stereocenters. The highest BCUT2D eigenvalue weighted by Crippen LogP contribution is 2.43. The number of fused-ring (bicyclic) bond motifs is 2. The van der Waals surface area contributed by atoms with E-state index in [1.54, 1.807) is 17.8 Å². The standard InChI is InChI=1S/C36H49F2N9O2.C2HF3O2/c1-39-27-20-32(43-47-29(21-41-33(27)47)34(48)42-26-6-7-30(26)49-2)46-17-8-25-24(4-3-5-28(25)46)22-44-16-9-31(36(37,38)23-44)45-18-12-35(13-19-45)10-14-40-15-11-35;3-2(4,5)1(6)7/h3-5,20-21,26,30-31,39-40H,6-19,22-23H2,1-2H3,(H,42,48);(H,6,7)/t26-,30-,31-;/m1./s1. The van der Waals surface area contributed by atoms with E-state index in [1.807, 2.05) is 24.1 Å². The molecule has 1 saturated carbocycles. The number of alkyl halides is 5. The molecule has 8 rings (SSSR count). The molecule has 1 aliphatic carbocycles. The van der Waals surface area contributed by atoms with Gasteiger partial charge in [0.2, 0.25) is 0 Å². The first kappa shape index (κ1) is 40.1. The van der Waals surface area contributed by atoms with E-state index in [9.17, 15) is 18.0 Å². The Balaban J connectivity index is 0.000000629. The van der Waals surface area contributed by atoms with Crippen molar-refractivity contribution >= 4 is 34.7 Å². The summed E-state index contributed by atoms with van der Waals surface area (Å²) in [6, 6.07) is 7.43. The third kappa shape index (κ3) is 8.15. The van der Waals surface area contributed by atoms with Crippen LogP contribution in [0, 0.1) is 5.41 Å². The fourth-order valence-electron chi connectivity index (χ4n) is 9.07. The summed E-state index contributed by atoms with van der Waals surface area (Å²) in [5.41, 5.74) is 5.33. The number of methoxy groups -OCH3 is 1. The number of hydrogen-bond donors (Lipinski definition) is 4. The summed E-state index contributed by atoms with van der Waals surface area (Å²) in [4.78, 5) is 32.9. The van der Waals surface area contributed by atoms with Crippen LogP contribution in [0.4, 0.5) is 39.1 Å². The monoisotopic (exact) mass is 791 g/mol. The van der Waals surface area contributed by atoms with Crippen LogP contribution in [-0.4, -0.2) is 132 Å². The van der Waals surface area contributed by atoms with Gasteiger partial charge >= 0.3 is 12.1 Å². The lowest BCUT2D eigenvalue weighted by Crippen LogP contribution is -2.60. The van der Waals surface area contributed by atoms with Crippen LogP contribution in [0.2, 0.25) is 0 Å². The summed E-state index contributed by atoms with van der Waals surface area (Å²) in [5, 5.41) is 21.8. The average molecular weight is 792 g/mol. The summed E-state index contributed by atoms with van der Waals surface area (Å²) in [6.07, 6.45) is 4.02. The van der Waals surface area contributed by atoms with Gasteiger partial charge in [0.1, 0.15) is 0 Å². The van der Waals surface area contributed by atoms with Crippen molar-refractivity contribution in [2.75, 3.05) is 70.2 Å². The number of carboxylic acids is 1. The number of anilines is 3. The number of likely N-dealkylation sites (tertiary alicyclic amines) is 2. The number of amides is 1. The van der Waals surface area contributed by atoms with Gasteiger partial charge in [0.15, 0.2) is 17.2 Å². The molecule has 306 valence electrons. The number of carbonyl (C=O) groups excluding carboxylic acids is 1. The number of ether oxygens (including phenoxy) is 1. The smallest absolute Gasteiger partial charge is 0.475 e. The number of benzene rings is 1. The molecule has 3 saturated heterocycles. The van der Waals surface area contributed by atoms with Gasteiger partial charge < -0.3 is 30.7 Å². The molecule has 2 aromatic heterocycles. The number of rotatable bonds is 8. The van der Waals surface area contributed by atoms with Crippen molar-refractivity contribution in [3.05, 3.63) is 47.3 Å². The number of nitrogens with zero attached hydrogens (tertiary/aromatic N) is 6. The zero-order valence-corrected chi connectivity index (χ0v) is 31.7. The molecule has 4 aliphatic heterocycles. The van der Waals surface area contributed by atoms with E-state index in [0.29, 0.717) is 48.6 Å². The van der Waals surface area contributed by atoms with Crippen LogP contribution in [0.3, 0.4) is 0 Å². The van der Waals surface area contributed by atoms with Crippen molar-refractivity contribution in [1.82, 2.24) is 35.0 Å². The molecule has 6 heterocycles. The molecule has 1 spiro atoms. The van der Waals surface area contributed by atoms with E-state index < -0.39 is 24.1 Å². The molecule has 13 nitrogen and oxygen atoms in total. The highest BCUT2D eigenvalue weighted by Gasteiger charge is 2.49. The summed E-state index contributed by atoms with van der Waals surface area (Å²) in [7, 11) is 3.50. The van der Waals surface area contributed by atoms with Crippen molar-refractivity contribution in [3.63, 3.8) is 0 Å². The van der Waals surface area contributed by atoms with Gasteiger partial charge in [-0.15, -0.1) is 5.10 Å². The van der Waals surface area contributed by atoms with E-state index >= 15 is 8.78 Å². The van der Waals surface area contributed by atoms with Crippen LogP contribution in [0.1, 0.15) is 66.6 Å². The van der Waals surface area contributed by atoms with Gasteiger partial charge in [0, 0.05) is 45.5 Å². The number of carbonyl (C=O) groups is 2. The van der Waals surface area contributed by atoms with Crippen LogP contribution in [0.25, 0.3) is 5.65 Å². The predicted molar refractivity (Wildman–Crippen MR) is 199 cm³/mol. The van der Waals surface area contributed by atoms with Crippen molar-refractivity contribution in [1.29, 1.82) is 0 Å². The highest BCUT2D eigenvalue weighted by molar-refractivity contribution is 5.94. The van der Waals surface area contributed by atoms with E-state index in [2.05, 4.69) is 42.9 Å². The lowest BCUT2D eigenvalue weighted by Gasteiger charge is -2.50. The fraction of sp³-hybridized carbons (Fsp3) is 0.632. The predicted octanol–water partition coefficient (Wildman–Crippen LogP) is 4.68. The topological polar surface area (TPSA) is 140 Å². The second-order valence-electron chi connectivity index (χ2n) is 15.7. The summed E-state index contributed by atoms with van der Waals surface area (Å²) in [5.74, 6) is -5.05. The molecular weight excluding hydrogens is 741 g/mol. The molecule has 1 amide bonds. The summed E-state index contributed by atoms with van der Waals surface area (Å²) in [6.45, 7) is 5.34. The van der Waals surface area contributed by atoms with Crippen LogP contribution in [0.15, 0.2) is 30.5 Å². The van der Waals surface area contributed by atoms with Gasteiger partial charge in [-0.2, -0.15) is 13.2 Å². The average Bonchev–Trinajstić information content (AvgIpc) is 3.79. The normalized spacial score (nSPS) is 24.9. The Labute approximate surface area is 321 Å². The van der Waals surface area contributed by atoms with E-state index in [-0.39, 0.29) is 24.6 Å². The first-order valence-corrected chi connectivity index (χ1v) is 19.4. The molecule has 3 atom stereocenters. The number of hydrogen-bond acceptors (Lipinski definition) is 10. The second kappa shape index (κ2) is 16.0. The van der Waals surface area contributed by atoms with E-state index in [4.69, 9.17) is 19.7 Å². The lowest BCUT2D eigenvalue weighted by molar-refractivity contribution is -0.192. The van der Waals surface area contributed by atoms with Crippen molar-refractivity contribution in [2.45, 2.75) is 88.2 Å². The van der Waals surface area contributed by atoms with Crippen LogP contribution < -0.4 is 20.9 Å². The number of piperidine rings is 3. The molecule has 5 aliphatic rings. The molecule has 18 heteroatoms. The zero-order chi connectivity index (χ0) is 39.8. The fourth-order valence-corrected chi connectivity index (χ4v) is 9.07. The zero-order valence-electron chi connectivity index (χ0n) is 31.7. The first-order chi connectivity index (χ1) is 26.7. The number of aliphatic carboxylic acids is 1. The number of halogens is 5. The summed E-state index contributed by atoms with van der Waals surface area (Å²) >= 11 is 0. The quantitative estimate of drug-likeness (QED) is 0.237. The Morgan fingerprint density at radius 1 is 1.05 bits per heavy atom. The Kier molecular flexibility index (Phi) is 11.5. The van der Waals surface area contributed by atoms with Gasteiger partial charge in [-0.1, -0.05) is 12.1 Å². The third-order valence-electron chi connectivity index (χ3n) is 12.4. The maximum absolute atomic E-state index is 15.8. The SMILES string of the molecule is CNc1cc(N2CCc3c(CN4CC[C@@H](N5CCC6(CCNCC6)CC5)C(F)(F)C4)cccc32)nn2c(C(=O)N[C@@H]3CC[C@H]3OC)cnc12.O=C(O)C(F)(F)F. The van der Waals surface area contributed by atoms with E-state index in [1.165, 1.54) is 18.4 Å². The largest absolute Gasteiger partial charge is 0.490 e. The maximum Gasteiger partial charge on any atom is 0.490 e. The molecule has 4 N–H and O–H groups in total. The van der Waals surface area contributed by atoms with Crippen LogP contribution in [-0.2, 0) is 22.5 Å². The molecular formula is C38H50F5N9O4. The Bertz CT molecular complexity index is 1890. The van der Waals surface area contributed by atoms with Crippen molar-refractivity contribution < 1.29 is 41.4 Å². The van der Waals surface area contributed by atoms with Crippen molar-refractivity contribution in [2.24, 2.45) is 5.41 Å². The molecule has 1 aromatic carbocycles. The Hall–Kier alpha value is -4.13. The number of carboxylic acid groups (broad SMARTS) is 1. The van der Waals surface area contributed by atoms with Gasteiger partial charge in [0.25, 0.3) is 11.8 Å². The third-order valence-corrected chi connectivity index (χ3v) is 12.4. The maximum atomic E-state index is 15.8. The van der Waals surface area contributed by atoms with Gasteiger partial charge in [-0.25, -0.2) is 23.1 Å². The highest BCUT2D eigenvalue weighted by atomic mass is 19.4. The molecule has 0 bridgehead atoms. The molecule has 4 fully saturated rings. The number of imidazole rings is 1. The number of nitrogens with one attached hydrogen (secondary N) is 3. The number of aromatic nitrogens is 3. The summed E-state index contributed by atoms with van der Waals surface area (Å²) < 4.78 is 70.5. The Morgan fingerprint density at radius 2 is 1.79 bits per heavy atom. The minimum Gasteiger partial charge on any atom is -0.475 e. The molecule has 3 aromatic rings. The second-order valence-corrected chi connectivity index (χ2v) is 15.7. The van der Waals surface area contributed by atoms with Gasteiger partial charge in [0.05, 0.1) is 36.6 Å². The molecule has 0 radical (unpaired) electrons. The van der Waals surface area contributed by atoms with Crippen molar-refractivity contribution in [3.8, 4) is 0 Å². The van der Waals surface area contributed by atoms with Gasteiger partial charge in [-0.3, -0.25) is 14.6 Å². The minimum absolute atomic E-state index is 0.0223. The van der Waals surface area contributed by atoms with E-state index in [0.717, 1.165) is 75.2 Å².